The van der Waals surface area contributed by atoms with E-state index in [4.69, 9.17) is 22.0 Å². The van der Waals surface area contributed by atoms with E-state index >= 15 is 0 Å². The van der Waals surface area contributed by atoms with Crippen LogP contribution >= 0.6 is 0 Å². The summed E-state index contributed by atoms with van der Waals surface area (Å²) in [4.78, 5) is 61.8. The number of amides is 4. The molecule has 0 unspecified atom stereocenters. The zero-order chi connectivity index (χ0) is 27.3. The molecule has 0 rings (SSSR count). The molecule has 200 valence electrons. The number of nitrogens with one attached hydrogen (secondary N) is 5. The summed E-state index contributed by atoms with van der Waals surface area (Å²) >= 11 is 0. The molecule has 14 nitrogen and oxygen atoms in total. The molecule has 0 saturated carbocycles. The maximum Gasteiger partial charge on any atom is 0.323 e. The Kier molecular flexibility index (Phi) is 14.0. The monoisotopic (exact) mass is 500 g/mol. The van der Waals surface area contributed by atoms with Gasteiger partial charge in [0.2, 0.25) is 23.6 Å². The summed E-state index contributed by atoms with van der Waals surface area (Å²) in [6.45, 7) is 6.41. The van der Waals surface area contributed by atoms with Gasteiger partial charge in [-0.2, -0.15) is 0 Å². The minimum atomic E-state index is -1.21. The fraction of sp³-hybridized carbons (Fsp3) is 0.714. The molecule has 0 aromatic carbocycles. The van der Waals surface area contributed by atoms with E-state index in [1.54, 1.807) is 0 Å². The number of likely N-dealkylation sites (N-methyl/N-ethyl adjacent to an activating group) is 1. The zero-order valence-corrected chi connectivity index (χ0v) is 21.0. The third-order valence-corrected chi connectivity index (χ3v) is 4.91. The second kappa shape index (κ2) is 15.5. The lowest BCUT2D eigenvalue weighted by Crippen LogP contribution is -2.56. The summed E-state index contributed by atoms with van der Waals surface area (Å²) in [5.74, 6) is -3.65. The molecular weight excluding hydrogens is 460 g/mol. The number of carboxylic acid groups (broad SMARTS) is 1. The molecule has 0 aliphatic heterocycles. The molecule has 0 radical (unpaired) electrons. The lowest BCUT2D eigenvalue weighted by molar-refractivity contribution is -0.145. The number of carboxylic acids is 1. The number of nitrogens with zero attached hydrogens (tertiary/aromatic N) is 1. The molecular formula is C21H40N8O6. The van der Waals surface area contributed by atoms with Crippen molar-refractivity contribution in [2.75, 3.05) is 20.1 Å². The number of hydrogen-bond acceptors (Lipinski definition) is 7. The van der Waals surface area contributed by atoms with Gasteiger partial charge in [0.1, 0.15) is 24.7 Å². The smallest absolute Gasteiger partial charge is 0.323 e. The van der Waals surface area contributed by atoms with Crippen LogP contribution in [0.5, 0.6) is 0 Å². The molecule has 14 heteroatoms. The lowest BCUT2D eigenvalue weighted by Gasteiger charge is -2.25. The van der Waals surface area contributed by atoms with Crippen LogP contribution in [0.15, 0.2) is 0 Å². The van der Waals surface area contributed by atoms with Crippen LogP contribution in [0.1, 0.15) is 47.0 Å². The van der Waals surface area contributed by atoms with Crippen molar-refractivity contribution in [2.45, 2.75) is 71.1 Å². The van der Waals surface area contributed by atoms with E-state index in [-0.39, 0.29) is 24.8 Å². The van der Waals surface area contributed by atoms with E-state index in [0.717, 1.165) is 4.90 Å². The lowest BCUT2D eigenvalue weighted by atomic mass is 10.0. The Labute approximate surface area is 205 Å². The summed E-state index contributed by atoms with van der Waals surface area (Å²) in [5, 5.41) is 26.2. The SMILES string of the molecule is CC(C)C[C@H](N)C(=O)N[C@@H](C)C(=O)N[C@@H](C)C(=O)N[C@@H](CCCNC(=N)N)C(=O)N(C)CC(=O)O. The van der Waals surface area contributed by atoms with Gasteiger partial charge in [0, 0.05) is 13.6 Å². The maximum absolute atomic E-state index is 12.7. The van der Waals surface area contributed by atoms with Gasteiger partial charge in [-0.1, -0.05) is 13.8 Å². The van der Waals surface area contributed by atoms with Gasteiger partial charge in [-0.05, 0) is 39.0 Å². The topological polar surface area (TPSA) is 233 Å². The van der Waals surface area contributed by atoms with Gasteiger partial charge >= 0.3 is 5.97 Å². The molecule has 0 aromatic heterocycles. The van der Waals surface area contributed by atoms with E-state index in [1.807, 2.05) is 13.8 Å². The van der Waals surface area contributed by atoms with Crippen LogP contribution in [-0.2, 0) is 24.0 Å². The van der Waals surface area contributed by atoms with E-state index < -0.39 is 60.3 Å². The van der Waals surface area contributed by atoms with E-state index in [0.29, 0.717) is 12.8 Å². The van der Waals surface area contributed by atoms with Gasteiger partial charge in [-0.25, -0.2) is 0 Å². The molecule has 0 fully saturated rings. The van der Waals surface area contributed by atoms with Gasteiger partial charge in [-0.3, -0.25) is 29.4 Å². The van der Waals surface area contributed by atoms with Crippen LogP contribution < -0.4 is 32.7 Å². The molecule has 0 heterocycles. The minimum absolute atomic E-state index is 0.135. The van der Waals surface area contributed by atoms with E-state index in [1.165, 1.54) is 20.9 Å². The third kappa shape index (κ3) is 13.2. The normalized spacial score (nSPS) is 14.1. The van der Waals surface area contributed by atoms with Crippen LogP contribution in [0.2, 0.25) is 0 Å². The molecule has 35 heavy (non-hydrogen) atoms. The maximum atomic E-state index is 12.7. The third-order valence-electron chi connectivity index (χ3n) is 4.91. The van der Waals surface area contributed by atoms with Crippen molar-refractivity contribution < 1.29 is 29.1 Å². The highest BCUT2D eigenvalue weighted by Gasteiger charge is 2.28. The number of carbonyl (C=O) groups is 5. The zero-order valence-electron chi connectivity index (χ0n) is 21.0. The highest BCUT2D eigenvalue weighted by atomic mass is 16.4. The number of guanidine groups is 1. The number of hydrogen-bond donors (Lipinski definition) is 8. The van der Waals surface area contributed by atoms with Gasteiger partial charge in [0.25, 0.3) is 0 Å². The highest BCUT2D eigenvalue weighted by molar-refractivity contribution is 5.94. The van der Waals surface area contributed by atoms with Crippen molar-refractivity contribution in [1.82, 2.24) is 26.2 Å². The summed E-state index contributed by atoms with van der Waals surface area (Å²) in [5.41, 5.74) is 11.0. The Balaban J connectivity index is 5.06. The summed E-state index contributed by atoms with van der Waals surface area (Å²) in [6, 6.07) is -3.83. The van der Waals surface area contributed by atoms with Crippen molar-refractivity contribution in [1.29, 1.82) is 5.41 Å². The van der Waals surface area contributed by atoms with Gasteiger partial charge < -0.3 is 42.7 Å². The minimum Gasteiger partial charge on any atom is -0.480 e. The second-order valence-electron chi connectivity index (χ2n) is 8.83. The highest BCUT2D eigenvalue weighted by Crippen LogP contribution is 2.04. The molecule has 4 amide bonds. The Morgan fingerprint density at radius 2 is 1.46 bits per heavy atom. The Hall–Kier alpha value is -3.42. The molecule has 0 bridgehead atoms. The summed E-state index contributed by atoms with van der Waals surface area (Å²) < 4.78 is 0. The fourth-order valence-corrected chi connectivity index (χ4v) is 3.04. The standard InChI is InChI=1S/C21H40N8O6/c1-11(2)9-14(22)19(34)27-12(3)17(32)26-13(4)18(33)28-15(7-6-8-25-21(23)24)20(35)29(5)10-16(30)31/h11-15H,6-10,22H2,1-5H3,(H,26,32)(H,27,34)(H,28,33)(H,30,31)(H4,23,24,25)/t12-,13-,14-,15-/m0/s1. The quantitative estimate of drug-likeness (QED) is 0.0682. The van der Waals surface area contributed by atoms with Crippen LogP contribution in [0.3, 0.4) is 0 Å². The first-order chi connectivity index (χ1) is 16.1. The fourth-order valence-electron chi connectivity index (χ4n) is 3.04. The Morgan fingerprint density at radius 3 is 1.94 bits per heavy atom. The summed E-state index contributed by atoms with van der Waals surface area (Å²) in [7, 11) is 1.29. The first-order valence-corrected chi connectivity index (χ1v) is 11.4. The molecule has 0 aliphatic rings. The van der Waals surface area contributed by atoms with Crippen LogP contribution in [-0.4, -0.2) is 89.9 Å². The molecule has 0 aromatic rings. The number of carbonyl (C=O) groups excluding carboxylic acids is 4. The van der Waals surface area contributed by atoms with Crippen molar-refractivity contribution in [3.8, 4) is 0 Å². The average molecular weight is 501 g/mol. The van der Waals surface area contributed by atoms with Crippen molar-refractivity contribution in [3.63, 3.8) is 0 Å². The average Bonchev–Trinajstić information content (AvgIpc) is 2.73. The first-order valence-electron chi connectivity index (χ1n) is 11.4. The molecule has 10 N–H and O–H groups in total. The molecule has 4 atom stereocenters. The van der Waals surface area contributed by atoms with Gasteiger partial charge in [-0.15, -0.1) is 0 Å². The number of rotatable bonds is 15. The molecule has 0 aliphatic carbocycles. The Morgan fingerprint density at radius 1 is 0.943 bits per heavy atom. The second-order valence-corrected chi connectivity index (χ2v) is 8.83. The predicted molar refractivity (Wildman–Crippen MR) is 129 cm³/mol. The summed E-state index contributed by atoms with van der Waals surface area (Å²) in [6.07, 6.45) is 0.931. The van der Waals surface area contributed by atoms with Crippen molar-refractivity contribution in [3.05, 3.63) is 0 Å². The van der Waals surface area contributed by atoms with E-state index in [2.05, 4.69) is 21.3 Å². The van der Waals surface area contributed by atoms with Crippen LogP contribution in [0.4, 0.5) is 0 Å². The Bertz CT molecular complexity index is 775. The van der Waals surface area contributed by atoms with Crippen LogP contribution in [0, 0.1) is 11.3 Å². The number of nitrogens with two attached hydrogens (primary N) is 2. The molecule has 0 saturated heterocycles. The molecule has 0 spiro atoms. The first kappa shape index (κ1) is 31.6. The van der Waals surface area contributed by atoms with Crippen molar-refractivity contribution >= 4 is 35.6 Å². The predicted octanol–water partition coefficient (Wildman–Crippen LogP) is -2.34. The largest absolute Gasteiger partial charge is 0.480 e. The van der Waals surface area contributed by atoms with Crippen LogP contribution in [0.25, 0.3) is 0 Å². The number of aliphatic carboxylic acids is 1. The van der Waals surface area contributed by atoms with E-state index in [9.17, 15) is 24.0 Å². The van der Waals surface area contributed by atoms with Crippen molar-refractivity contribution in [2.24, 2.45) is 17.4 Å². The van der Waals surface area contributed by atoms with Gasteiger partial charge in [0.05, 0.1) is 6.04 Å². The van der Waals surface area contributed by atoms with Gasteiger partial charge in [0.15, 0.2) is 5.96 Å².